The molecule has 0 saturated carbocycles. The predicted molar refractivity (Wildman–Crippen MR) is 114 cm³/mol. The Bertz CT molecular complexity index is 892. The number of amides is 1. The van der Waals surface area contributed by atoms with Crippen LogP contribution in [0.4, 0.5) is 13.2 Å². The van der Waals surface area contributed by atoms with E-state index in [1.165, 1.54) is 7.11 Å². The summed E-state index contributed by atoms with van der Waals surface area (Å²) >= 11 is 0. The zero-order valence-electron chi connectivity index (χ0n) is 18.6. The van der Waals surface area contributed by atoms with Crippen LogP contribution in [0.15, 0.2) is 35.5 Å². The topological polar surface area (TPSA) is 77.0 Å². The predicted octanol–water partition coefficient (Wildman–Crippen LogP) is 4.68. The standard InChI is InChI=1S/C23H29F3N2O4/c1-15-12-16-13-17(23(24,25)26)9-10-18(16)20(29)27-14-22(2,3)19(28-31-4)8-6-5-7-11-32-21(15)30/h9-10,13H,1,5-8,11-12,14H2,2-4H3,(H,27,29)/b28-19+. The Hall–Kier alpha value is -2.84. The van der Waals surface area contributed by atoms with Crippen molar-refractivity contribution in [2.75, 3.05) is 20.3 Å². The lowest BCUT2D eigenvalue weighted by Gasteiger charge is -2.27. The first kappa shape index (κ1) is 25.4. The first-order valence-electron chi connectivity index (χ1n) is 10.4. The van der Waals surface area contributed by atoms with Crippen LogP contribution >= 0.6 is 0 Å². The molecule has 0 spiro atoms. The van der Waals surface area contributed by atoms with Crippen molar-refractivity contribution < 1.29 is 32.3 Å². The van der Waals surface area contributed by atoms with E-state index in [1.807, 2.05) is 13.8 Å². The maximum Gasteiger partial charge on any atom is 0.416 e. The van der Waals surface area contributed by atoms with Gasteiger partial charge in [0.1, 0.15) is 7.11 Å². The van der Waals surface area contributed by atoms with E-state index >= 15 is 0 Å². The Kier molecular flexibility index (Phi) is 8.46. The van der Waals surface area contributed by atoms with Gasteiger partial charge < -0.3 is 14.9 Å². The van der Waals surface area contributed by atoms with Gasteiger partial charge in [0.25, 0.3) is 5.91 Å². The molecule has 0 aromatic heterocycles. The summed E-state index contributed by atoms with van der Waals surface area (Å²) in [4.78, 5) is 30.1. The van der Waals surface area contributed by atoms with E-state index < -0.39 is 29.0 Å². The Morgan fingerprint density at radius 2 is 1.91 bits per heavy atom. The second kappa shape index (κ2) is 10.7. The molecule has 0 aliphatic carbocycles. The Balaban J connectivity index is 2.41. The molecule has 0 bridgehead atoms. The number of oxime groups is 1. The van der Waals surface area contributed by atoms with Gasteiger partial charge in [-0.25, -0.2) is 4.79 Å². The molecule has 0 radical (unpaired) electrons. The molecule has 6 nitrogen and oxygen atoms in total. The molecule has 1 aromatic rings. The van der Waals surface area contributed by atoms with Crippen molar-refractivity contribution in [1.29, 1.82) is 0 Å². The third-order valence-corrected chi connectivity index (χ3v) is 5.33. The summed E-state index contributed by atoms with van der Waals surface area (Å²) in [6, 6.07) is 2.84. The molecule has 9 heteroatoms. The van der Waals surface area contributed by atoms with Gasteiger partial charge in [0.15, 0.2) is 0 Å². The summed E-state index contributed by atoms with van der Waals surface area (Å²) in [5, 5.41) is 6.89. The number of hydrogen-bond donors (Lipinski definition) is 1. The lowest BCUT2D eigenvalue weighted by Crippen LogP contribution is -2.39. The third-order valence-electron chi connectivity index (χ3n) is 5.33. The monoisotopic (exact) mass is 454 g/mol. The van der Waals surface area contributed by atoms with Crippen molar-refractivity contribution in [3.63, 3.8) is 0 Å². The fraction of sp³-hybridized carbons (Fsp3) is 0.522. The molecule has 1 aliphatic heterocycles. The summed E-state index contributed by atoms with van der Waals surface area (Å²) in [5.41, 5.74) is -0.611. The van der Waals surface area contributed by atoms with Crippen LogP contribution in [-0.4, -0.2) is 37.8 Å². The summed E-state index contributed by atoms with van der Waals surface area (Å²) in [6.45, 7) is 7.85. The fourth-order valence-corrected chi connectivity index (χ4v) is 3.39. The van der Waals surface area contributed by atoms with Crippen molar-refractivity contribution in [3.8, 4) is 0 Å². The van der Waals surface area contributed by atoms with Crippen molar-refractivity contribution in [3.05, 3.63) is 47.0 Å². The molecular formula is C23H29F3N2O4. The van der Waals surface area contributed by atoms with E-state index in [9.17, 15) is 22.8 Å². The molecule has 1 aliphatic rings. The summed E-state index contributed by atoms with van der Waals surface area (Å²) in [5.74, 6) is -1.24. The van der Waals surface area contributed by atoms with Gasteiger partial charge in [0.2, 0.25) is 0 Å². The highest BCUT2D eigenvalue weighted by Gasteiger charge is 2.32. The number of nitrogens with one attached hydrogen (secondary N) is 1. The first-order valence-corrected chi connectivity index (χ1v) is 10.4. The lowest BCUT2D eigenvalue weighted by molar-refractivity contribution is -0.139. The Morgan fingerprint density at radius 1 is 1.19 bits per heavy atom. The highest BCUT2D eigenvalue weighted by molar-refractivity contribution is 5.97. The minimum Gasteiger partial charge on any atom is -0.462 e. The molecule has 1 heterocycles. The first-order chi connectivity index (χ1) is 15.0. The van der Waals surface area contributed by atoms with Gasteiger partial charge >= 0.3 is 12.1 Å². The number of carbonyl (C=O) groups is 2. The van der Waals surface area contributed by atoms with Crippen LogP contribution in [0.2, 0.25) is 0 Å². The van der Waals surface area contributed by atoms with Crippen LogP contribution in [0.25, 0.3) is 0 Å². The smallest absolute Gasteiger partial charge is 0.416 e. The maximum absolute atomic E-state index is 13.2. The number of alkyl halides is 3. The maximum atomic E-state index is 13.2. The number of fused-ring (bicyclic) bond motifs is 1. The second-order valence-corrected chi connectivity index (χ2v) is 8.38. The quantitative estimate of drug-likeness (QED) is 0.380. The van der Waals surface area contributed by atoms with Crippen molar-refractivity contribution in [2.24, 2.45) is 10.6 Å². The number of nitrogens with zero attached hydrogens (tertiary/aromatic N) is 1. The molecule has 2 rings (SSSR count). The number of ether oxygens (including phenoxy) is 1. The van der Waals surface area contributed by atoms with Crippen LogP contribution in [-0.2, 0) is 27.0 Å². The van der Waals surface area contributed by atoms with Gasteiger partial charge in [-0.1, -0.05) is 25.6 Å². The summed E-state index contributed by atoms with van der Waals surface area (Å²) in [7, 11) is 1.45. The molecular weight excluding hydrogens is 425 g/mol. The molecule has 0 saturated heterocycles. The highest BCUT2D eigenvalue weighted by Crippen LogP contribution is 2.31. The number of benzene rings is 1. The second-order valence-electron chi connectivity index (χ2n) is 8.38. The number of esters is 1. The minimum absolute atomic E-state index is 0.0136. The molecule has 0 atom stereocenters. The van der Waals surface area contributed by atoms with Crippen LogP contribution in [0.1, 0.15) is 61.0 Å². The largest absolute Gasteiger partial charge is 0.462 e. The molecule has 1 aromatic carbocycles. The van der Waals surface area contributed by atoms with Gasteiger partial charge in [0, 0.05) is 29.5 Å². The SMILES string of the molecule is C=C1Cc2cc(C(F)(F)F)ccc2C(=O)NCC(C)(C)/C(=N/OC)CCCCCOC1=O. The van der Waals surface area contributed by atoms with E-state index in [-0.39, 0.29) is 36.3 Å². The van der Waals surface area contributed by atoms with Gasteiger partial charge in [-0.3, -0.25) is 4.79 Å². The molecule has 32 heavy (non-hydrogen) atoms. The van der Waals surface area contributed by atoms with E-state index in [0.29, 0.717) is 12.8 Å². The number of rotatable bonds is 1. The fourth-order valence-electron chi connectivity index (χ4n) is 3.39. The van der Waals surface area contributed by atoms with E-state index in [0.717, 1.165) is 36.8 Å². The van der Waals surface area contributed by atoms with E-state index in [1.54, 1.807) is 0 Å². The minimum atomic E-state index is -4.59. The molecule has 1 amide bonds. The van der Waals surface area contributed by atoms with Gasteiger partial charge in [-0.2, -0.15) is 13.2 Å². The molecule has 0 fully saturated rings. The zero-order valence-corrected chi connectivity index (χ0v) is 18.6. The molecule has 0 unspecified atom stereocenters. The van der Waals surface area contributed by atoms with E-state index in [4.69, 9.17) is 9.57 Å². The molecule has 1 N–H and O–H groups in total. The van der Waals surface area contributed by atoms with Crippen LogP contribution in [0, 0.1) is 5.41 Å². The van der Waals surface area contributed by atoms with Crippen LogP contribution < -0.4 is 5.32 Å². The van der Waals surface area contributed by atoms with Crippen molar-refractivity contribution in [2.45, 2.75) is 52.1 Å². The average molecular weight is 454 g/mol. The van der Waals surface area contributed by atoms with Gasteiger partial charge in [0.05, 0.1) is 17.9 Å². The number of halogens is 3. The number of carbonyl (C=O) groups excluding carboxylic acids is 2. The van der Waals surface area contributed by atoms with Gasteiger partial charge in [-0.05, 0) is 49.4 Å². The van der Waals surface area contributed by atoms with Crippen molar-refractivity contribution in [1.82, 2.24) is 5.32 Å². The number of hydrogen-bond acceptors (Lipinski definition) is 5. The lowest BCUT2D eigenvalue weighted by atomic mass is 9.84. The third kappa shape index (κ3) is 6.83. The summed E-state index contributed by atoms with van der Waals surface area (Å²) < 4.78 is 44.9. The van der Waals surface area contributed by atoms with Crippen molar-refractivity contribution >= 4 is 17.6 Å². The average Bonchev–Trinajstić information content (AvgIpc) is 2.72. The van der Waals surface area contributed by atoms with Gasteiger partial charge in [-0.15, -0.1) is 0 Å². The Morgan fingerprint density at radius 3 is 2.56 bits per heavy atom. The summed E-state index contributed by atoms with van der Waals surface area (Å²) in [6.07, 6.45) is -1.99. The molecule has 176 valence electrons. The number of cyclic esters (lactones) is 1. The Labute approximate surface area is 185 Å². The van der Waals surface area contributed by atoms with Crippen LogP contribution in [0.5, 0.6) is 0 Å². The van der Waals surface area contributed by atoms with E-state index in [2.05, 4.69) is 17.1 Å². The highest BCUT2D eigenvalue weighted by atomic mass is 19.4. The normalized spacial score (nSPS) is 20.3. The zero-order chi connectivity index (χ0) is 23.9. The van der Waals surface area contributed by atoms with Crippen LogP contribution in [0.3, 0.4) is 0 Å².